The van der Waals surface area contributed by atoms with Crippen LogP contribution in [0.3, 0.4) is 0 Å². The van der Waals surface area contributed by atoms with Crippen LogP contribution in [0.2, 0.25) is 0 Å². The molecule has 0 saturated heterocycles. The van der Waals surface area contributed by atoms with Crippen LogP contribution in [0.15, 0.2) is 60.7 Å². The molecule has 0 aromatic heterocycles. The maximum atomic E-state index is 11.9. The zero-order valence-electron chi connectivity index (χ0n) is 15.6. The molecule has 0 aliphatic carbocycles. The van der Waals surface area contributed by atoms with Crippen molar-refractivity contribution in [2.45, 2.75) is 6.54 Å². The summed E-state index contributed by atoms with van der Waals surface area (Å²) in [5.74, 6) is 0.875. The van der Waals surface area contributed by atoms with Gasteiger partial charge in [0.15, 0.2) is 24.7 Å². The summed E-state index contributed by atoms with van der Waals surface area (Å²) in [4.78, 5) is 23.7. The molecule has 1 heterocycles. The van der Waals surface area contributed by atoms with Gasteiger partial charge in [-0.2, -0.15) is 0 Å². The third-order valence-electron chi connectivity index (χ3n) is 4.37. The van der Waals surface area contributed by atoms with Crippen molar-refractivity contribution in [1.82, 2.24) is 5.32 Å². The van der Waals surface area contributed by atoms with Crippen molar-refractivity contribution in [1.29, 1.82) is 0 Å². The van der Waals surface area contributed by atoms with Gasteiger partial charge in [-0.3, -0.25) is 4.79 Å². The minimum atomic E-state index is -0.614. The van der Waals surface area contributed by atoms with Gasteiger partial charge in [-0.1, -0.05) is 36.4 Å². The molecule has 0 saturated carbocycles. The average Bonchev–Trinajstić information content (AvgIpc) is 3.22. The molecule has 0 spiro atoms. The number of carbonyl (C=O) groups excluding carboxylic acids is 2. The molecule has 4 rings (SSSR count). The summed E-state index contributed by atoms with van der Waals surface area (Å²) < 4.78 is 20.9. The summed E-state index contributed by atoms with van der Waals surface area (Å²) in [6.07, 6.45) is 0. The molecular formula is C22H19NO6. The van der Waals surface area contributed by atoms with Gasteiger partial charge >= 0.3 is 5.97 Å². The molecule has 0 unspecified atom stereocenters. The third kappa shape index (κ3) is 4.76. The van der Waals surface area contributed by atoms with Crippen molar-refractivity contribution in [3.05, 3.63) is 66.2 Å². The summed E-state index contributed by atoms with van der Waals surface area (Å²) >= 11 is 0. The minimum absolute atomic E-state index is 0.197. The van der Waals surface area contributed by atoms with Crippen LogP contribution < -0.4 is 19.5 Å². The van der Waals surface area contributed by atoms with Gasteiger partial charge in [0.2, 0.25) is 6.79 Å². The normalized spacial score (nSPS) is 11.9. The van der Waals surface area contributed by atoms with Crippen LogP contribution in [-0.2, 0) is 20.9 Å². The predicted molar refractivity (Wildman–Crippen MR) is 105 cm³/mol. The smallest absolute Gasteiger partial charge is 0.344 e. The number of hydrogen-bond acceptors (Lipinski definition) is 6. The highest BCUT2D eigenvalue weighted by atomic mass is 16.7. The van der Waals surface area contributed by atoms with E-state index in [0.717, 1.165) is 16.3 Å². The van der Waals surface area contributed by atoms with Crippen molar-refractivity contribution in [2.24, 2.45) is 0 Å². The highest BCUT2D eigenvalue weighted by Crippen LogP contribution is 2.32. The lowest BCUT2D eigenvalue weighted by Crippen LogP contribution is -2.29. The highest BCUT2D eigenvalue weighted by Gasteiger charge is 2.14. The molecule has 0 atom stereocenters. The summed E-state index contributed by atoms with van der Waals surface area (Å²) in [5, 5.41) is 4.79. The maximum Gasteiger partial charge on any atom is 0.344 e. The van der Waals surface area contributed by atoms with Gasteiger partial charge in [0, 0.05) is 6.54 Å². The molecule has 1 amide bonds. The molecule has 3 aromatic rings. The van der Waals surface area contributed by atoms with Crippen LogP contribution in [0.5, 0.6) is 17.2 Å². The van der Waals surface area contributed by atoms with Gasteiger partial charge in [-0.05, 0) is 40.6 Å². The first-order chi connectivity index (χ1) is 14.2. The van der Waals surface area contributed by atoms with Gasteiger partial charge in [0.05, 0.1) is 0 Å². The quantitative estimate of drug-likeness (QED) is 0.622. The Bertz CT molecular complexity index is 1050. The second kappa shape index (κ2) is 8.52. The lowest BCUT2D eigenvalue weighted by Gasteiger charge is -2.09. The van der Waals surface area contributed by atoms with Gasteiger partial charge in [0.25, 0.3) is 5.91 Å². The predicted octanol–water partition coefficient (Wildman–Crippen LogP) is 2.81. The molecule has 1 aliphatic rings. The molecule has 1 N–H and O–H groups in total. The topological polar surface area (TPSA) is 83.1 Å². The fourth-order valence-corrected chi connectivity index (χ4v) is 2.89. The van der Waals surface area contributed by atoms with Crippen LogP contribution in [0.1, 0.15) is 5.56 Å². The number of amides is 1. The first-order valence-corrected chi connectivity index (χ1v) is 9.10. The number of carbonyl (C=O) groups is 2. The fourth-order valence-electron chi connectivity index (χ4n) is 2.89. The SMILES string of the molecule is O=C(COC(=O)COc1ccc2ccccc2c1)NCc1ccc2c(c1)OCO2. The van der Waals surface area contributed by atoms with Crippen molar-refractivity contribution in [3.63, 3.8) is 0 Å². The summed E-state index contributed by atoms with van der Waals surface area (Å²) in [7, 11) is 0. The van der Waals surface area contributed by atoms with E-state index in [4.69, 9.17) is 18.9 Å². The van der Waals surface area contributed by atoms with E-state index in [1.807, 2.05) is 42.5 Å². The number of rotatable bonds is 7. The van der Waals surface area contributed by atoms with Gasteiger partial charge < -0.3 is 24.3 Å². The molecule has 1 aliphatic heterocycles. The Labute approximate surface area is 167 Å². The molecule has 0 bridgehead atoms. The van der Waals surface area contributed by atoms with Crippen molar-refractivity contribution in [2.75, 3.05) is 20.0 Å². The fraction of sp³-hybridized carbons (Fsp3) is 0.182. The Morgan fingerprint density at radius 1 is 0.897 bits per heavy atom. The molecule has 148 valence electrons. The van der Waals surface area contributed by atoms with E-state index < -0.39 is 11.9 Å². The average molecular weight is 393 g/mol. The van der Waals surface area contributed by atoms with Gasteiger partial charge in [-0.25, -0.2) is 4.79 Å². The van der Waals surface area contributed by atoms with Crippen molar-refractivity contribution < 1.29 is 28.5 Å². The molecular weight excluding hydrogens is 374 g/mol. The zero-order valence-corrected chi connectivity index (χ0v) is 15.6. The van der Waals surface area contributed by atoms with Crippen molar-refractivity contribution in [3.8, 4) is 17.2 Å². The lowest BCUT2D eigenvalue weighted by atomic mass is 10.1. The molecule has 0 fully saturated rings. The largest absolute Gasteiger partial charge is 0.482 e. The Hall–Kier alpha value is -3.74. The summed E-state index contributed by atoms with van der Waals surface area (Å²) in [6.45, 7) is -0.152. The molecule has 0 radical (unpaired) electrons. The standard InChI is InChI=1S/C22H19NO6/c24-21(23-11-15-5-8-19-20(9-15)29-14-28-19)12-27-22(25)13-26-18-7-6-16-3-1-2-4-17(16)10-18/h1-10H,11-14H2,(H,23,24). The second-order valence-electron chi connectivity index (χ2n) is 6.42. The monoisotopic (exact) mass is 393 g/mol. The van der Waals surface area contributed by atoms with Crippen LogP contribution in [0.4, 0.5) is 0 Å². The molecule has 3 aromatic carbocycles. The van der Waals surface area contributed by atoms with E-state index in [0.29, 0.717) is 23.8 Å². The number of esters is 1. The van der Waals surface area contributed by atoms with E-state index in [2.05, 4.69) is 5.32 Å². The van der Waals surface area contributed by atoms with Crippen molar-refractivity contribution >= 4 is 22.6 Å². The van der Waals surface area contributed by atoms with Gasteiger partial charge in [-0.15, -0.1) is 0 Å². The van der Waals surface area contributed by atoms with Crippen LogP contribution >= 0.6 is 0 Å². The van der Waals surface area contributed by atoms with E-state index in [-0.39, 0.29) is 20.0 Å². The third-order valence-corrected chi connectivity index (χ3v) is 4.37. The first-order valence-electron chi connectivity index (χ1n) is 9.10. The number of ether oxygens (including phenoxy) is 4. The van der Waals surface area contributed by atoms with Crippen LogP contribution in [-0.4, -0.2) is 31.9 Å². The Morgan fingerprint density at radius 3 is 2.62 bits per heavy atom. The number of hydrogen-bond donors (Lipinski definition) is 1. The second-order valence-corrected chi connectivity index (χ2v) is 6.42. The van der Waals surface area contributed by atoms with E-state index in [1.54, 1.807) is 18.2 Å². The van der Waals surface area contributed by atoms with E-state index in [1.165, 1.54) is 0 Å². The summed E-state index contributed by atoms with van der Waals surface area (Å²) in [5.41, 5.74) is 0.855. The van der Waals surface area contributed by atoms with E-state index >= 15 is 0 Å². The summed E-state index contributed by atoms with van der Waals surface area (Å²) in [6, 6.07) is 18.8. The Kier molecular flexibility index (Phi) is 5.47. The first kappa shape index (κ1) is 18.6. The number of nitrogens with one attached hydrogen (secondary N) is 1. The molecule has 7 nitrogen and oxygen atoms in total. The van der Waals surface area contributed by atoms with Crippen LogP contribution in [0.25, 0.3) is 10.8 Å². The Balaban J connectivity index is 1.19. The molecule has 7 heteroatoms. The number of fused-ring (bicyclic) bond motifs is 2. The molecule has 29 heavy (non-hydrogen) atoms. The maximum absolute atomic E-state index is 11.9. The zero-order chi connectivity index (χ0) is 20.1. The van der Waals surface area contributed by atoms with E-state index in [9.17, 15) is 9.59 Å². The Morgan fingerprint density at radius 2 is 1.72 bits per heavy atom. The minimum Gasteiger partial charge on any atom is -0.482 e. The van der Waals surface area contributed by atoms with Crippen LogP contribution in [0, 0.1) is 0 Å². The lowest BCUT2D eigenvalue weighted by molar-refractivity contribution is -0.150. The number of benzene rings is 3. The van der Waals surface area contributed by atoms with Gasteiger partial charge in [0.1, 0.15) is 5.75 Å². The highest BCUT2D eigenvalue weighted by molar-refractivity contribution is 5.84.